The maximum absolute atomic E-state index is 12.3. The van der Waals surface area contributed by atoms with Crippen molar-refractivity contribution in [1.29, 1.82) is 0 Å². The predicted molar refractivity (Wildman–Crippen MR) is 46.7 cm³/mol. The van der Waals surface area contributed by atoms with Crippen molar-refractivity contribution < 1.29 is 18.6 Å². The summed E-state index contributed by atoms with van der Waals surface area (Å²) in [4.78, 5) is 3.51. The van der Waals surface area contributed by atoms with Crippen LogP contribution < -0.4 is 4.74 Å². The lowest BCUT2D eigenvalue weighted by Gasteiger charge is -2.09. The minimum atomic E-state index is -2.72. The standard InChI is InChI=1S/C8H8ClF2NO2/c1-14-7-4(9)2-5(8(10)11)12-6(7)3-13/h2,8,13H,3H2,1H3. The van der Waals surface area contributed by atoms with Gasteiger partial charge in [0.15, 0.2) is 5.75 Å². The zero-order chi connectivity index (χ0) is 10.7. The summed E-state index contributed by atoms with van der Waals surface area (Å²) in [6, 6.07) is 1.02. The van der Waals surface area contributed by atoms with Crippen LogP contribution in [-0.2, 0) is 6.61 Å². The van der Waals surface area contributed by atoms with E-state index in [1.54, 1.807) is 0 Å². The van der Waals surface area contributed by atoms with Crippen molar-refractivity contribution in [2.24, 2.45) is 0 Å². The third-order valence-corrected chi connectivity index (χ3v) is 1.88. The number of hydrogen-bond acceptors (Lipinski definition) is 3. The van der Waals surface area contributed by atoms with Gasteiger partial charge >= 0.3 is 0 Å². The number of halogens is 3. The van der Waals surface area contributed by atoms with Crippen molar-refractivity contribution in [3.63, 3.8) is 0 Å². The monoisotopic (exact) mass is 223 g/mol. The number of nitrogens with zero attached hydrogens (tertiary/aromatic N) is 1. The van der Waals surface area contributed by atoms with Crippen LogP contribution in [0.2, 0.25) is 5.02 Å². The number of methoxy groups -OCH3 is 1. The molecule has 1 aromatic rings. The van der Waals surface area contributed by atoms with E-state index in [0.29, 0.717) is 0 Å². The van der Waals surface area contributed by atoms with Crippen LogP contribution in [0.1, 0.15) is 17.8 Å². The Hall–Kier alpha value is -0.940. The normalized spacial score (nSPS) is 10.7. The highest BCUT2D eigenvalue weighted by Crippen LogP contribution is 2.31. The van der Waals surface area contributed by atoms with Gasteiger partial charge in [-0.15, -0.1) is 0 Å². The fourth-order valence-electron chi connectivity index (χ4n) is 1.01. The van der Waals surface area contributed by atoms with E-state index in [0.717, 1.165) is 6.07 Å². The van der Waals surface area contributed by atoms with Crippen molar-refractivity contribution in [1.82, 2.24) is 4.98 Å². The molecule has 1 rings (SSSR count). The van der Waals surface area contributed by atoms with Gasteiger partial charge in [0.2, 0.25) is 0 Å². The topological polar surface area (TPSA) is 42.4 Å². The van der Waals surface area contributed by atoms with Crippen LogP contribution in [0.3, 0.4) is 0 Å². The van der Waals surface area contributed by atoms with Gasteiger partial charge < -0.3 is 9.84 Å². The van der Waals surface area contributed by atoms with Gasteiger partial charge in [-0.3, -0.25) is 0 Å². The number of pyridine rings is 1. The first-order chi connectivity index (χ1) is 6.60. The summed E-state index contributed by atoms with van der Waals surface area (Å²) in [6.07, 6.45) is -2.72. The molecule has 0 radical (unpaired) electrons. The summed E-state index contributed by atoms with van der Waals surface area (Å²) in [5.41, 5.74) is -0.463. The number of hydrogen-bond donors (Lipinski definition) is 1. The lowest BCUT2D eigenvalue weighted by molar-refractivity contribution is 0.145. The molecule has 0 amide bonds. The Balaban J connectivity index is 3.24. The number of ether oxygens (including phenoxy) is 1. The van der Waals surface area contributed by atoms with E-state index < -0.39 is 18.7 Å². The summed E-state index contributed by atoms with van der Waals surface area (Å²) >= 11 is 5.65. The lowest BCUT2D eigenvalue weighted by atomic mass is 10.3. The highest BCUT2D eigenvalue weighted by molar-refractivity contribution is 6.32. The molecule has 1 aromatic heterocycles. The van der Waals surface area contributed by atoms with Gasteiger partial charge in [-0.25, -0.2) is 13.8 Å². The average molecular weight is 224 g/mol. The molecule has 1 N–H and O–H groups in total. The number of rotatable bonds is 3. The zero-order valence-corrected chi connectivity index (χ0v) is 8.05. The summed E-state index contributed by atoms with van der Waals surface area (Å²) < 4.78 is 29.3. The molecule has 0 fully saturated rings. The minimum absolute atomic E-state index is 0.00954. The second kappa shape index (κ2) is 4.52. The SMILES string of the molecule is COc1c(Cl)cc(C(F)F)nc1CO. The van der Waals surface area contributed by atoms with Gasteiger partial charge in [-0.05, 0) is 6.07 Å². The molecule has 0 aliphatic carbocycles. The molecule has 3 nitrogen and oxygen atoms in total. The molecule has 0 spiro atoms. The Bertz CT molecular complexity index is 333. The minimum Gasteiger partial charge on any atom is -0.493 e. The van der Waals surface area contributed by atoms with Crippen LogP contribution in [0.5, 0.6) is 5.75 Å². The molecule has 0 aliphatic heterocycles. The number of alkyl halides is 2. The second-order valence-corrected chi connectivity index (χ2v) is 2.87. The van der Waals surface area contributed by atoms with E-state index in [2.05, 4.69) is 4.98 Å². The van der Waals surface area contributed by atoms with Gasteiger partial charge in [0.1, 0.15) is 11.4 Å². The zero-order valence-electron chi connectivity index (χ0n) is 7.30. The highest BCUT2D eigenvalue weighted by Gasteiger charge is 2.16. The molecule has 14 heavy (non-hydrogen) atoms. The summed E-state index contributed by atoms with van der Waals surface area (Å²) in [7, 11) is 1.32. The molecule has 0 saturated heterocycles. The van der Waals surface area contributed by atoms with Crippen molar-refractivity contribution in [3.8, 4) is 5.75 Å². The summed E-state index contributed by atoms with van der Waals surface area (Å²) in [6.45, 7) is -0.497. The first-order valence-electron chi connectivity index (χ1n) is 3.72. The van der Waals surface area contributed by atoms with Gasteiger partial charge in [0.05, 0.1) is 18.7 Å². The van der Waals surface area contributed by atoms with E-state index in [1.165, 1.54) is 7.11 Å². The van der Waals surface area contributed by atoms with E-state index in [-0.39, 0.29) is 16.5 Å². The van der Waals surface area contributed by atoms with Crippen LogP contribution in [-0.4, -0.2) is 17.2 Å². The maximum atomic E-state index is 12.3. The van der Waals surface area contributed by atoms with Gasteiger partial charge in [-0.1, -0.05) is 11.6 Å². The Morgan fingerprint density at radius 2 is 2.29 bits per heavy atom. The maximum Gasteiger partial charge on any atom is 0.280 e. The molecular formula is C8H8ClF2NO2. The Morgan fingerprint density at radius 1 is 1.64 bits per heavy atom. The van der Waals surface area contributed by atoms with Crippen LogP contribution in [0.15, 0.2) is 6.07 Å². The lowest BCUT2D eigenvalue weighted by Crippen LogP contribution is -2.01. The molecule has 0 aromatic carbocycles. The summed E-state index contributed by atoms with van der Waals surface area (Å²) in [5.74, 6) is 0.124. The summed E-state index contributed by atoms with van der Waals surface area (Å²) in [5, 5.41) is 8.85. The van der Waals surface area contributed by atoms with E-state index in [9.17, 15) is 8.78 Å². The quantitative estimate of drug-likeness (QED) is 0.854. The van der Waals surface area contributed by atoms with E-state index >= 15 is 0 Å². The average Bonchev–Trinajstić information content (AvgIpc) is 2.16. The first kappa shape index (κ1) is 11.1. The highest BCUT2D eigenvalue weighted by atomic mass is 35.5. The molecule has 0 aliphatic rings. The number of aliphatic hydroxyl groups is 1. The number of aliphatic hydroxyl groups excluding tert-OH is 1. The molecular weight excluding hydrogens is 216 g/mol. The fraction of sp³-hybridized carbons (Fsp3) is 0.375. The molecule has 1 heterocycles. The smallest absolute Gasteiger partial charge is 0.280 e. The van der Waals surface area contributed by atoms with Crippen LogP contribution in [0.25, 0.3) is 0 Å². The van der Waals surface area contributed by atoms with E-state index in [4.69, 9.17) is 21.4 Å². The van der Waals surface area contributed by atoms with Crippen molar-refractivity contribution in [2.45, 2.75) is 13.0 Å². The Labute approximate surface area is 84.3 Å². The van der Waals surface area contributed by atoms with Crippen molar-refractivity contribution in [3.05, 3.63) is 22.5 Å². The third kappa shape index (κ3) is 2.10. The molecule has 78 valence electrons. The van der Waals surface area contributed by atoms with Crippen LogP contribution in [0, 0.1) is 0 Å². The van der Waals surface area contributed by atoms with Crippen molar-refractivity contribution in [2.75, 3.05) is 7.11 Å². The fourth-order valence-corrected chi connectivity index (χ4v) is 1.30. The Kier molecular flexibility index (Phi) is 3.60. The van der Waals surface area contributed by atoms with Crippen molar-refractivity contribution >= 4 is 11.6 Å². The first-order valence-corrected chi connectivity index (χ1v) is 4.10. The van der Waals surface area contributed by atoms with Crippen LogP contribution in [0.4, 0.5) is 8.78 Å². The molecule has 6 heteroatoms. The second-order valence-electron chi connectivity index (χ2n) is 2.47. The number of aromatic nitrogens is 1. The largest absolute Gasteiger partial charge is 0.493 e. The van der Waals surface area contributed by atoms with Gasteiger partial charge in [0, 0.05) is 0 Å². The molecule has 0 saturated carbocycles. The molecule has 0 unspecified atom stereocenters. The van der Waals surface area contributed by atoms with Crippen LogP contribution >= 0.6 is 11.6 Å². The molecule has 0 atom stereocenters. The van der Waals surface area contributed by atoms with E-state index in [1.807, 2.05) is 0 Å². The molecule has 0 bridgehead atoms. The van der Waals surface area contributed by atoms with Gasteiger partial charge in [-0.2, -0.15) is 0 Å². The van der Waals surface area contributed by atoms with Gasteiger partial charge in [0.25, 0.3) is 6.43 Å². The third-order valence-electron chi connectivity index (χ3n) is 1.60. The Morgan fingerprint density at radius 3 is 2.71 bits per heavy atom. The predicted octanol–water partition coefficient (Wildman–Crippen LogP) is 2.17.